The zero-order chi connectivity index (χ0) is 12.3. The highest BCUT2D eigenvalue weighted by Gasteiger charge is 2.28. The van der Waals surface area contributed by atoms with Crippen LogP contribution in [0.2, 0.25) is 0 Å². The summed E-state index contributed by atoms with van der Waals surface area (Å²) in [6.45, 7) is 3.98. The molecule has 0 aromatic carbocycles. The number of piperazine rings is 1. The van der Waals surface area contributed by atoms with E-state index in [4.69, 9.17) is 0 Å². The van der Waals surface area contributed by atoms with Gasteiger partial charge >= 0.3 is 0 Å². The average Bonchev–Trinajstić information content (AvgIpc) is 3.14. The van der Waals surface area contributed by atoms with Crippen LogP contribution < -0.4 is 21.3 Å². The molecule has 0 aromatic rings. The predicted molar refractivity (Wildman–Crippen MR) is 63.4 cm³/mol. The van der Waals surface area contributed by atoms with E-state index in [1.165, 1.54) is 0 Å². The second kappa shape index (κ2) is 5.46. The molecule has 1 aliphatic heterocycles. The zero-order valence-corrected chi connectivity index (χ0v) is 10.1. The first-order valence-corrected chi connectivity index (χ1v) is 6.21. The Morgan fingerprint density at radius 3 is 2.65 bits per heavy atom. The van der Waals surface area contributed by atoms with E-state index in [2.05, 4.69) is 21.3 Å². The molecule has 2 fully saturated rings. The van der Waals surface area contributed by atoms with Crippen molar-refractivity contribution in [2.24, 2.45) is 0 Å². The van der Waals surface area contributed by atoms with Crippen LogP contribution in [0, 0.1) is 0 Å². The van der Waals surface area contributed by atoms with Gasteiger partial charge in [-0.05, 0) is 19.8 Å². The smallest absolute Gasteiger partial charge is 0.242 e. The van der Waals surface area contributed by atoms with Gasteiger partial charge in [-0.15, -0.1) is 0 Å². The molecule has 1 heterocycles. The van der Waals surface area contributed by atoms with Gasteiger partial charge in [0.2, 0.25) is 11.8 Å². The summed E-state index contributed by atoms with van der Waals surface area (Å²) in [4.78, 5) is 23.5. The molecule has 17 heavy (non-hydrogen) atoms. The molecule has 6 nitrogen and oxygen atoms in total. The van der Waals surface area contributed by atoms with Gasteiger partial charge in [-0.25, -0.2) is 0 Å². The number of carbonyl (C=O) groups excluding carboxylic acids is 2. The lowest BCUT2D eigenvalue weighted by atomic mass is 10.2. The normalized spacial score (nSPS) is 26.1. The Hall–Kier alpha value is -1.14. The van der Waals surface area contributed by atoms with Crippen LogP contribution in [-0.2, 0) is 9.59 Å². The van der Waals surface area contributed by atoms with Crippen LogP contribution >= 0.6 is 0 Å². The number of hydrogen-bond donors (Lipinski definition) is 4. The highest BCUT2D eigenvalue weighted by molar-refractivity contribution is 5.89. The van der Waals surface area contributed by atoms with E-state index in [1.807, 2.05) is 0 Å². The van der Waals surface area contributed by atoms with Crippen LogP contribution in [0.4, 0.5) is 0 Å². The van der Waals surface area contributed by atoms with E-state index in [-0.39, 0.29) is 17.9 Å². The van der Waals surface area contributed by atoms with Crippen molar-refractivity contribution in [2.75, 3.05) is 19.6 Å². The van der Waals surface area contributed by atoms with Crippen LogP contribution in [0.5, 0.6) is 0 Å². The predicted octanol–water partition coefficient (Wildman–Crippen LogP) is -1.67. The summed E-state index contributed by atoms with van der Waals surface area (Å²) in [5.74, 6) is -0.208. The topological polar surface area (TPSA) is 82.3 Å². The molecule has 0 spiro atoms. The second-order valence-corrected chi connectivity index (χ2v) is 4.72. The first kappa shape index (κ1) is 12.3. The quantitative estimate of drug-likeness (QED) is 0.474. The molecular weight excluding hydrogens is 220 g/mol. The molecule has 0 bridgehead atoms. The molecule has 0 aromatic heterocycles. The van der Waals surface area contributed by atoms with Gasteiger partial charge in [-0.1, -0.05) is 0 Å². The van der Waals surface area contributed by atoms with E-state index in [0.29, 0.717) is 12.6 Å². The Bertz CT molecular complexity index is 298. The fourth-order valence-electron chi connectivity index (χ4n) is 1.77. The molecular formula is C11H20N4O2. The number of hydrogen-bond acceptors (Lipinski definition) is 4. The van der Waals surface area contributed by atoms with Gasteiger partial charge in [0, 0.05) is 25.7 Å². The Labute approximate surface area is 101 Å². The van der Waals surface area contributed by atoms with Gasteiger partial charge in [0.1, 0.15) is 6.04 Å². The fourth-order valence-corrected chi connectivity index (χ4v) is 1.77. The molecule has 6 heteroatoms. The lowest BCUT2D eigenvalue weighted by molar-refractivity contribution is -0.129. The maximum absolute atomic E-state index is 11.8. The van der Waals surface area contributed by atoms with Crippen molar-refractivity contribution in [1.82, 2.24) is 21.3 Å². The molecule has 2 amide bonds. The lowest BCUT2D eigenvalue weighted by Crippen LogP contribution is -2.58. The fraction of sp³-hybridized carbons (Fsp3) is 0.818. The number of carbonyl (C=O) groups is 2. The molecule has 2 unspecified atom stereocenters. The largest absolute Gasteiger partial charge is 0.352 e. The summed E-state index contributed by atoms with van der Waals surface area (Å²) in [7, 11) is 0. The van der Waals surface area contributed by atoms with E-state index >= 15 is 0 Å². The van der Waals surface area contributed by atoms with Crippen LogP contribution in [0.15, 0.2) is 0 Å². The minimum Gasteiger partial charge on any atom is -0.352 e. The third-order valence-electron chi connectivity index (χ3n) is 3.03. The Kier molecular flexibility index (Phi) is 3.96. The maximum Gasteiger partial charge on any atom is 0.242 e. The van der Waals surface area contributed by atoms with Crippen LogP contribution in [0.1, 0.15) is 19.8 Å². The monoisotopic (exact) mass is 240 g/mol. The standard InChI is InChI=1S/C11H20N4O2/c1-7(10(16)15-8-2-3-8)14-11(17)9-6-12-4-5-13-9/h7-9,12-13H,2-6H2,1H3,(H,14,17)(H,15,16). The Morgan fingerprint density at radius 1 is 1.29 bits per heavy atom. The van der Waals surface area contributed by atoms with Crippen molar-refractivity contribution in [3.8, 4) is 0 Å². The van der Waals surface area contributed by atoms with E-state index < -0.39 is 6.04 Å². The van der Waals surface area contributed by atoms with Crippen LogP contribution in [0.25, 0.3) is 0 Å². The zero-order valence-electron chi connectivity index (χ0n) is 10.1. The van der Waals surface area contributed by atoms with Gasteiger partial charge in [0.05, 0.1) is 6.04 Å². The molecule has 2 atom stereocenters. The molecule has 2 aliphatic rings. The third kappa shape index (κ3) is 3.67. The first-order chi connectivity index (χ1) is 8.16. The van der Waals surface area contributed by atoms with Crippen molar-refractivity contribution in [3.05, 3.63) is 0 Å². The van der Waals surface area contributed by atoms with Crippen LogP contribution in [-0.4, -0.2) is 49.6 Å². The van der Waals surface area contributed by atoms with E-state index in [0.717, 1.165) is 25.9 Å². The SMILES string of the molecule is CC(NC(=O)C1CNCCN1)C(=O)NC1CC1. The van der Waals surface area contributed by atoms with Gasteiger partial charge in [-0.3, -0.25) is 9.59 Å². The Balaban J connectivity index is 1.73. The molecule has 4 N–H and O–H groups in total. The maximum atomic E-state index is 11.8. The molecule has 1 saturated heterocycles. The van der Waals surface area contributed by atoms with Crippen molar-refractivity contribution >= 4 is 11.8 Å². The van der Waals surface area contributed by atoms with Crippen molar-refractivity contribution in [3.63, 3.8) is 0 Å². The third-order valence-corrected chi connectivity index (χ3v) is 3.03. The van der Waals surface area contributed by atoms with Crippen molar-refractivity contribution in [1.29, 1.82) is 0 Å². The average molecular weight is 240 g/mol. The van der Waals surface area contributed by atoms with Crippen LogP contribution in [0.3, 0.4) is 0 Å². The number of amides is 2. The van der Waals surface area contributed by atoms with Gasteiger partial charge in [0.15, 0.2) is 0 Å². The molecule has 96 valence electrons. The van der Waals surface area contributed by atoms with Crippen molar-refractivity contribution < 1.29 is 9.59 Å². The summed E-state index contributed by atoms with van der Waals surface area (Å²) >= 11 is 0. The van der Waals surface area contributed by atoms with Gasteiger partial charge in [-0.2, -0.15) is 0 Å². The minimum atomic E-state index is -0.466. The van der Waals surface area contributed by atoms with E-state index in [9.17, 15) is 9.59 Å². The highest BCUT2D eigenvalue weighted by Crippen LogP contribution is 2.18. The molecule has 2 rings (SSSR count). The number of rotatable bonds is 4. The van der Waals surface area contributed by atoms with Gasteiger partial charge < -0.3 is 21.3 Å². The summed E-state index contributed by atoms with van der Waals surface area (Å²) < 4.78 is 0. The summed E-state index contributed by atoms with van der Waals surface area (Å²) in [5.41, 5.74) is 0. The van der Waals surface area contributed by atoms with Crippen molar-refractivity contribution in [2.45, 2.75) is 37.9 Å². The van der Waals surface area contributed by atoms with Gasteiger partial charge in [0.25, 0.3) is 0 Å². The highest BCUT2D eigenvalue weighted by atomic mass is 16.2. The molecule has 0 radical (unpaired) electrons. The summed E-state index contributed by atoms with van der Waals surface area (Å²) in [5, 5.41) is 11.8. The summed E-state index contributed by atoms with van der Waals surface area (Å²) in [6.07, 6.45) is 2.11. The first-order valence-electron chi connectivity index (χ1n) is 6.21. The minimum absolute atomic E-state index is 0.0929. The number of nitrogens with one attached hydrogen (secondary N) is 4. The summed E-state index contributed by atoms with van der Waals surface area (Å²) in [6, 6.07) is -0.372. The molecule has 1 aliphatic carbocycles. The second-order valence-electron chi connectivity index (χ2n) is 4.72. The Morgan fingerprint density at radius 2 is 2.06 bits per heavy atom. The van der Waals surface area contributed by atoms with E-state index in [1.54, 1.807) is 6.92 Å². The lowest BCUT2D eigenvalue weighted by Gasteiger charge is -2.25. The molecule has 1 saturated carbocycles.